The van der Waals surface area contributed by atoms with Crippen LogP contribution in [0.15, 0.2) is 11.3 Å². The van der Waals surface area contributed by atoms with Crippen LogP contribution in [0.2, 0.25) is 0 Å². The van der Waals surface area contributed by atoms with Crippen LogP contribution in [0.5, 0.6) is 0 Å². The number of hydrogen-bond donors (Lipinski definition) is 2. The fourth-order valence-electron chi connectivity index (χ4n) is 6.83. The van der Waals surface area contributed by atoms with Gasteiger partial charge in [-0.2, -0.15) is 0 Å². The molecule has 0 aliphatic heterocycles. The van der Waals surface area contributed by atoms with E-state index in [9.17, 15) is 14.6 Å². The molecule has 3 saturated carbocycles. The Morgan fingerprint density at radius 1 is 1.09 bits per heavy atom. The van der Waals surface area contributed by atoms with Crippen LogP contribution in [0.4, 0.5) is 4.39 Å². The van der Waals surface area contributed by atoms with Crippen LogP contribution in [0.25, 0.3) is 0 Å². The predicted molar refractivity (Wildman–Crippen MR) is 84.2 cm³/mol. The Bertz CT molecular complexity index is 516. The molecular weight excluding hydrogens is 279 g/mol. The second-order valence-electron chi connectivity index (χ2n) is 8.85. The lowest BCUT2D eigenvalue weighted by atomic mass is 9.47. The Kier molecular flexibility index (Phi) is 3.21. The van der Waals surface area contributed by atoms with Gasteiger partial charge < -0.3 is 10.2 Å². The summed E-state index contributed by atoms with van der Waals surface area (Å²) in [5.74, 6) is 2.05. The van der Waals surface area contributed by atoms with Gasteiger partial charge in [0, 0.05) is 6.42 Å². The highest BCUT2D eigenvalue weighted by Gasteiger charge is 2.61. The summed E-state index contributed by atoms with van der Waals surface area (Å²) < 4.78 is 14.2. The van der Waals surface area contributed by atoms with E-state index >= 15 is 0 Å². The molecule has 7 atom stereocenters. The lowest BCUT2D eigenvalue weighted by Gasteiger charge is -2.57. The summed E-state index contributed by atoms with van der Waals surface area (Å²) in [6, 6.07) is 0. The van der Waals surface area contributed by atoms with Crippen molar-refractivity contribution in [1.29, 1.82) is 0 Å². The molecule has 2 nitrogen and oxygen atoms in total. The highest BCUT2D eigenvalue weighted by atomic mass is 19.1. The Labute approximate surface area is 132 Å². The van der Waals surface area contributed by atoms with E-state index < -0.39 is 12.3 Å². The molecule has 22 heavy (non-hydrogen) atoms. The number of rotatable bonds is 0. The molecule has 0 spiro atoms. The van der Waals surface area contributed by atoms with Crippen molar-refractivity contribution < 1.29 is 14.6 Å². The summed E-state index contributed by atoms with van der Waals surface area (Å²) in [6.07, 6.45) is 5.86. The van der Waals surface area contributed by atoms with Gasteiger partial charge in [-0.1, -0.05) is 13.8 Å². The molecule has 0 saturated heterocycles. The summed E-state index contributed by atoms with van der Waals surface area (Å²) in [7, 11) is 0. The van der Waals surface area contributed by atoms with Crippen molar-refractivity contribution in [2.75, 3.05) is 0 Å². The van der Waals surface area contributed by atoms with Crippen molar-refractivity contribution in [1.82, 2.24) is 0 Å². The van der Waals surface area contributed by atoms with Crippen LogP contribution in [-0.2, 0) is 0 Å². The fraction of sp³-hybridized carbons (Fsp3) is 0.895. The quantitative estimate of drug-likeness (QED) is 0.690. The van der Waals surface area contributed by atoms with Crippen LogP contribution >= 0.6 is 0 Å². The molecule has 0 unspecified atom stereocenters. The van der Waals surface area contributed by atoms with Gasteiger partial charge in [-0.25, -0.2) is 4.39 Å². The standard InChI is InChI=1S/C19H29FO2/c1-18-8-3-4-16(21)13(18)6-5-11-12(18)7-9-19(2)14(11)10-15(20)17(19)22/h11-12,14-15,17,21-22H,3-10H2,1-2H3/t11-,12+,14+,15-,17-,18-,19+/m1/s1. The number of fused-ring (bicyclic) bond motifs is 5. The summed E-state index contributed by atoms with van der Waals surface area (Å²) in [5.41, 5.74) is 1.19. The van der Waals surface area contributed by atoms with Gasteiger partial charge in [0.15, 0.2) is 0 Å². The predicted octanol–water partition coefficient (Wildman–Crippen LogP) is 4.53. The number of alkyl halides is 1. The van der Waals surface area contributed by atoms with Crippen LogP contribution in [0, 0.1) is 28.6 Å². The zero-order valence-electron chi connectivity index (χ0n) is 13.8. The van der Waals surface area contributed by atoms with Crippen LogP contribution in [-0.4, -0.2) is 22.5 Å². The number of halogens is 1. The number of allylic oxidation sites excluding steroid dienone is 2. The van der Waals surface area contributed by atoms with Gasteiger partial charge in [0.1, 0.15) is 6.17 Å². The van der Waals surface area contributed by atoms with Gasteiger partial charge in [0.2, 0.25) is 0 Å². The van der Waals surface area contributed by atoms with Gasteiger partial charge in [-0.3, -0.25) is 0 Å². The summed E-state index contributed by atoms with van der Waals surface area (Å²) in [5, 5.41) is 20.7. The van der Waals surface area contributed by atoms with Crippen molar-refractivity contribution in [3.05, 3.63) is 11.3 Å². The van der Waals surface area contributed by atoms with Crippen LogP contribution < -0.4 is 0 Å². The molecule has 0 aromatic carbocycles. The van der Waals surface area contributed by atoms with Crippen LogP contribution in [0.1, 0.15) is 65.2 Å². The Balaban J connectivity index is 1.70. The Hall–Kier alpha value is -0.570. The molecule has 0 aromatic rings. The summed E-state index contributed by atoms with van der Waals surface area (Å²) in [6.45, 7) is 4.46. The van der Waals surface area contributed by atoms with Crippen molar-refractivity contribution in [3.63, 3.8) is 0 Å². The van der Waals surface area contributed by atoms with Gasteiger partial charge in [0.25, 0.3) is 0 Å². The molecule has 3 fully saturated rings. The second kappa shape index (κ2) is 4.72. The molecule has 4 rings (SSSR count). The molecule has 0 amide bonds. The van der Waals surface area contributed by atoms with Crippen molar-refractivity contribution in [3.8, 4) is 0 Å². The molecule has 4 aliphatic carbocycles. The molecule has 3 heteroatoms. The molecule has 0 bridgehead atoms. The number of aliphatic hydroxyl groups excluding tert-OH is 2. The first-order valence-electron chi connectivity index (χ1n) is 9.11. The van der Waals surface area contributed by atoms with E-state index in [4.69, 9.17) is 0 Å². The van der Waals surface area contributed by atoms with Crippen molar-refractivity contribution in [2.45, 2.75) is 77.5 Å². The molecule has 0 aromatic heterocycles. The Morgan fingerprint density at radius 2 is 1.86 bits per heavy atom. The maximum atomic E-state index is 14.2. The fourth-order valence-corrected chi connectivity index (χ4v) is 6.83. The SMILES string of the molecule is C[C@]12CC[C@H]3[C@@H](CCC4=C(O)CCC[C@@]43C)[C@@H]1C[C@@H](F)[C@H]2O. The normalized spacial score (nSPS) is 54.6. The third kappa shape index (κ3) is 1.75. The minimum absolute atomic E-state index is 0.117. The van der Waals surface area contributed by atoms with E-state index in [-0.39, 0.29) is 10.8 Å². The highest BCUT2D eigenvalue weighted by Crippen LogP contribution is 2.66. The van der Waals surface area contributed by atoms with Crippen molar-refractivity contribution >= 4 is 0 Å². The minimum Gasteiger partial charge on any atom is -0.512 e. The van der Waals surface area contributed by atoms with E-state index in [1.54, 1.807) is 0 Å². The van der Waals surface area contributed by atoms with Gasteiger partial charge in [0.05, 0.1) is 11.9 Å². The second-order valence-corrected chi connectivity index (χ2v) is 8.85. The average molecular weight is 308 g/mol. The van der Waals surface area contributed by atoms with Gasteiger partial charge >= 0.3 is 0 Å². The first-order valence-corrected chi connectivity index (χ1v) is 9.11. The summed E-state index contributed by atoms with van der Waals surface area (Å²) >= 11 is 0. The molecule has 0 radical (unpaired) electrons. The maximum absolute atomic E-state index is 14.2. The molecule has 2 N–H and O–H groups in total. The average Bonchev–Trinajstić information content (AvgIpc) is 2.71. The number of aliphatic hydroxyl groups is 2. The molecule has 124 valence electrons. The van der Waals surface area contributed by atoms with E-state index in [1.165, 1.54) is 12.0 Å². The molecular formula is C19H29FO2. The molecule has 4 aliphatic rings. The zero-order chi connectivity index (χ0) is 15.7. The van der Waals surface area contributed by atoms with Gasteiger partial charge in [-0.05, 0) is 79.1 Å². The lowest BCUT2D eigenvalue weighted by molar-refractivity contribution is -0.0803. The third-order valence-corrected chi connectivity index (χ3v) is 8.07. The maximum Gasteiger partial charge on any atom is 0.127 e. The first kappa shape index (κ1) is 15.0. The van der Waals surface area contributed by atoms with E-state index in [0.717, 1.165) is 38.5 Å². The zero-order valence-corrected chi connectivity index (χ0v) is 13.8. The van der Waals surface area contributed by atoms with E-state index in [2.05, 4.69) is 13.8 Å². The summed E-state index contributed by atoms with van der Waals surface area (Å²) in [4.78, 5) is 0. The first-order chi connectivity index (χ1) is 10.4. The highest BCUT2D eigenvalue weighted by molar-refractivity contribution is 5.26. The van der Waals surface area contributed by atoms with Crippen LogP contribution in [0.3, 0.4) is 0 Å². The van der Waals surface area contributed by atoms with E-state index in [1.807, 2.05) is 0 Å². The third-order valence-electron chi connectivity index (χ3n) is 8.07. The lowest BCUT2D eigenvalue weighted by Crippen LogP contribution is -2.51. The number of hydrogen-bond acceptors (Lipinski definition) is 2. The van der Waals surface area contributed by atoms with E-state index in [0.29, 0.717) is 29.9 Å². The smallest absolute Gasteiger partial charge is 0.127 e. The monoisotopic (exact) mass is 308 g/mol. The topological polar surface area (TPSA) is 40.5 Å². The molecule has 0 heterocycles. The van der Waals surface area contributed by atoms with Gasteiger partial charge in [-0.15, -0.1) is 0 Å². The largest absolute Gasteiger partial charge is 0.512 e. The Morgan fingerprint density at radius 3 is 2.64 bits per heavy atom. The van der Waals surface area contributed by atoms with Crippen molar-refractivity contribution in [2.24, 2.45) is 28.6 Å². The minimum atomic E-state index is -1.04.